The van der Waals surface area contributed by atoms with Crippen LogP contribution in [0.1, 0.15) is 77.3 Å². The monoisotopic (exact) mass is 621 g/mol. The number of nitriles is 1. The summed E-state index contributed by atoms with van der Waals surface area (Å²) in [6, 6.07) is 13.7. The average molecular weight is 622 g/mol. The van der Waals surface area contributed by atoms with Crippen LogP contribution in [0.15, 0.2) is 42.5 Å². The van der Waals surface area contributed by atoms with Gasteiger partial charge in [0.25, 0.3) is 0 Å². The van der Waals surface area contributed by atoms with Crippen LogP contribution in [0.25, 0.3) is 0 Å². The first-order chi connectivity index (χ1) is 21.4. The molecule has 0 aromatic heterocycles. The Labute approximate surface area is 267 Å². The number of anilines is 1. The fourth-order valence-electron chi connectivity index (χ4n) is 7.42. The normalized spacial score (nSPS) is 18.4. The quantitative estimate of drug-likeness (QED) is 0.229. The van der Waals surface area contributed by atoms with E-state index in [1.54, 1.807) is 6.92 Å². The molecule has 0 bridgehead atoms. The second kappa shape index (κ2) is 14.7. The number of halogens is 2. The molecule has 2 atom stereocenters. The van der Waals surface area contributed by atoms with Crippen LogP contribution < -0.4 is 10.2 Å². The number of nitrogens with zero attached hydrogens (tertiary/aromatic N) is 3. The molecule has 244 valence electrons. The summed E-state index contributed by atoms with van der Waals surface area (Å²) < 4.78 is 35.7. The summed E-state index contributed by atoms with van der Waals surface area (Å²) in [5.41, 5.74) is 1.66. The average Bonchev–Trinajstić information content (AvgIpc) is 2.98. The number of amides is 1. The van der Waals surface area contributed by atoms with Crippen LogP contribution in [0.5, 0.6) is 0 Å². The fraction of sp³-hybridized carbons (Fsp3) is 0.583. The van der Waals surface area contributed by atoms with Crippen molar-refractivity contribution >= 4 is 17.5 Å². The number of nitrogens with one attached hydrogen (secondary N) is 2. The fourth-order valence-corrected chi connectivity index (χ4v) is 7.42. The van der Waals surface area contributed by atoms with E-state index in [1.165, 1.54) is 19.2 Å². The van der Waals surface area contributed by atoms with E-state index in [9.17, 15) is 13.6 Å². The van der Waals surface area contributed by atoms with Crippen molar-refractivity contribution in [3.63, 3.8) is 0 Å². The van der Waals surface area contributed by atoms with E-state index >= 15 is 0 Å². The van der Waals surface area contributed by atoms with Crippen LogP contribution in [0.4, 0.5) is 19.3 Å². The Morgan fingerprint density at radius 2 is 1.76 bits per heavy atom. The van der Waals surface area contributed by atoms with Crippen LogP contribution >= 0.6 is 0 Å². The van der Waals surface area contributed by atoms with Crippen molar-refractivity contribution in [2.24, 2.45) is 17.3 Å². The molecule has 2 fully saturated rings. The predicted molar refractivity (Wildman–Crippen MR) is 175 cm³/mol. The Morgan fingerprint density at radius 3 is 2.29 bits per heavy atom. The highest BCUT2D eigenvalue weighted by Gasteiger charge is 2.48. The van der Waals surface area contributed by atoms with Crippen LogP contribution in [-0.4, -0.2) is 62.6 Å². The van der Waals surface area contributed by atoms with Crippen LogP contribution in [0, 0.1) is 45.6 Å². The molecule has 2 aromatic carbocycles. The molecule has 1 amide bonds. The SMILES string of the molecule is CCCC(CC(CC(C)(C)C(C)=N)(c1cc(F)cc(F)c1)C1CCN(CC2CN(c3ccc(C#N)cc3)C2)CC1)OC(=O)NC. The van der Waals surface area contributed by atoms with Crippen molar-refractivity contribution in [2.75, 3.05) is 44.7 Å². The highest BCUT2D eigenvalue weighted by Crippen LogP contribution is 2.51. The van der Waals surface area contributed by atoms with Gasteiger partial charge < -0.3 is 25.3 Å². The summed E-state index contributed by atoms with van der Waals surface area (Å²) >= 11 is 0. The molecule has 4 rings (SSSR count). The van der Waals surface area contributed by atoms with E-state index in [0.717, 1.165) is 63.7 Å². The second-order valence-electron chi connectivity index (χ2n) is 13.8. The van der Waals surface area contributed by atoms with Crippen molar-refractivity contribution in [1.82, 2.24) is 10.2 Å². The van der Waals surface area contributed by atoms with Gasteiger partial charge in [-0.3, -0.25) is 0 Å². The molecule has 2 saturated heterocycles. The molecular formula is C36H49F2N5O2. The minimum absolute atomic E-state index is 0.0813. The summed E-state index contributed by atoms with van der Waals surface area (Å²) in [7, 11) is 1.53. The van der Waals surface area contributed by atoms with Gasteiger partial charge in [-0.2, -0.15) is 5.26 Å². The van der Waals surface area contributed by atoms with Gasteiger partial charge in [0.05, 0.1) is 11.6 Å². The number of hydrogen-bond acceptors (Lipinski definition) is 6. The Kier molecular flexibility index (Phi) is 11.2. The maximum absolute atomic E-state index is 14.9. The molecule has 0 radical (unpaired) electrons. The van der Waals surface area contributed by atoms with Gasteiger partial charge in [-0.15, -0.1) is 0 Å². The van der Waals surface area contributed by atoms with Gasteiger partial charge in [0.15, 0.2) is 0 Å². The zero-order valence-electron chi connectivity index (χ0n) is 27.5. The molecular weight excluding hydrogens is 572 g/mol. The van der Waals surface area contributed by atoms with Crippen molar-refractivity contribution in [3.05, 3.63) is 65.2 Å². The highest BCUT2D eigenvalue weighted by molar-refractivity contribution is 5.84. The molecule has 7 nitrogen and oxygen atoms in total. The Bertz CT molecular complexity index is 1340. The number of hydrogen-bond donors (Lipinski definition) is 2. The molecule has 2 unspecified atom stereocenters. The Hall–Kier alpha value is -3.51. The summed E-state index contributed by atoms with van der Waals surface area (Å²) in [4.78, 5) is 17.3. The smallest absolute Gasteiger partial charge is 0.407 e. The lowest BCUT2D eigenvalue weighted by Gasteiger charge is -2.51. The van der Waals surface area contributed by atoms with E-state index in [4.69, 9.17) is 15.4 Å². The van der Waals surface area contributed by atoms with E-state index < -0.39 is 34.7 Å². The largest absolute Gasteiger partial charge is 0.446 e. The van der Waals surface area contributed by atoms with E-state index in [0.29, 0.717) is 42.0 Å². The maximum Gasteiger partial charge on any atom is 0.407 e. The number of carbonyl (C=O) groups excluding carboxylic acids is 1. The van der Waals surface area contributed by atoms with Gasteiger partial charge in [-0.1, -0.05) is 27.2 Å². The van der Waals surface area contributed by atoms with Gasteiger partial charge >= 0.3 is 6.09 Å². The number of benzene rings is 2. The third kappa shape index (κ3) is 8.40. The molecule has 45 heavy (non-hydrogen) atoms. The number of ether oxygens (including phenoxy) is 1. The standard InChI is InChI=1S/C36H49F2N5O2/c1-6-7-33(45-34(44)41-5)19-36(24-35(3,4)25(2)40,29-16-30(37)18-31(38)17-29)28-12-14-42(15-13-28)21-27-22-43(23-27)32-10-8-26(20-39)9-11-32/h8-11,16-18,27-28,33,40H,6-7,12-15,19,21-24H2,1-5H3,(H,41,44). The minimum atomic E-state index is -0.711. The number of piperidine rings is 1. The Morgan fingerprint density at radius 1 is 1.13 bits per heavy atom. The molecule has 2 N–H and O–H groups in total. The Balaban J connectivity index is 1.57. The van der Waals surface area contributed by atoms with Gasteiger partial charge in [-0.25, -0.2) is 13.6 Å². The van der Waals surface area contributed by atoms with E-state index in [-0.39, 0.29) is 5.92 Å². The van der Waals surface area contributed by atoms with E-state index in [2.05, 4.69) is 21.2 Å². The summed E-state index contributed by atoms with van der Waals surface area (Å²) in [6.07, 6.45) is 3.11. The highest BCUT2D eigenvalue weighted by atomic mass is 19.1. The van der Waals surface area contributed by atoms with Gasteiger partial charge in [-0.05, 0) is 100.0 Å². The molecule has 9 heteroatoms. The zero-order chi connectivity index (χ0) is 32.8. The first kappa shape index (κ1) is 34.4. The van der Waals surface area contributed by atoms with Gasteiger partial charge in [0.2, 0.25) is 0 Å². The number of carbonyl (C=O) groups is 1. The van der Waals surface area contributed by atoms with Crippen molar-refractivity contribution in [2.45, 2.75) is 77.7 Å². The van der Waals surface area contributed by atoms with Crippen LogP contribution in [0.2, 0.25) is 0 Å². The zero-order valence-corrected chi connectivity index (χ0v) is 27.5. The van der Waals surface area contributed by atoms with Crippen LogP contribution in [0.3, 0.4) is 0 Å². The predicted octanol–water partition coefficient (Wildman–Crippen LogP) is 7.29. The summed E-state index contributed by atoms with van der Waals surface area (Å²) in [5, 5.41) is 20.2. The third-order valence-electron chi connectivity index (χ3n) is 10.1. The van der Waals surface area contributed by atoms with Crippen molar-refractivity contribution in [1.29, 1.82) is 10.7 Å². The second-order valence-corrected chi connectivity index (χ2v) is 13.8. The number of rotatable bonds is 13. The first-order valence-electron chi connectivity index (χ1n) is 16.3. The third-order valence-corrected chi connectivity index (χ3v) is 10.1. The first-order valence-corrected chi connectivity index (χ1v) is 16.3. The molecule has 0 spiro atoms. The van der Waals surface area contributed by atoms with Gasteiger partial charge in [0, 0.05) is 60.9 Å². The molecule has 2 aliphatic heterocycles. The summed E-state index contributed by atoms with van der Waals surface area (Å²) in [6.45, 7) is 12.6. The molecule has 2 aliphatic rings. The molecule has 2 heterocycles. The lowest BCUT2D eigenvalue weighted by Crippen LogP contribution is -2.54. The number of likely N-dealkylation sites (tertiary alicyclic amines) is 1. The van der Waals surface area contributed by atoms with E-state index in [1.807, 2.05) is 45.0 Å². The maximum atomic E-state index is 14.9. The lowest BCUT2D eigenvalue weighted by atomic mass is 9.57. The van der Waals surface area contributed by atoms with Crippen LogP contribution in [-0.2, 0) is 10.2 Å². The van der Waals surface area contributed by atoms with Gasteiger partial charge in [0.1, 0.15) is 17.7 Å². The molecule has 0 saturated carbocycles. The molecule has 2 aromatic rings. The van der Waals surface area contributed by atoms with Crippen molar-refractivity contribution < 1.29 is 18.3 Å². The number of alkyl carbamates (subject to hydrolysis) is 1. The summed E-state index contributed by atoms with van der Waals surface area (Å²) in [5.74, 6) is -0.606. The molecule has 0 aliphatic carbocycles. The van der Waals surface area contributed by atoms with Crippen molar-refractivity contribution in [3.8, 4) is 6.07 Å². The minimum Gasteiger partial charge on any atom is -0.446 e. The topological polar surface area (TPSA) is 92.5 Å². The lowest BCUT2D eigenvalue weighted by molar-refractivity contribution is 0.0307.